The lowest BCUT2D eigenvalue weighted by molar-refractivity contribution is -0.116. The average Bonchev–Trinajstić information content (AvgIpc) is 3.11. The molecule has 0 fully saturated rings. The minimum atomic E-state index is -3.87. The van der Waals surface area contributed by atoms with Crippen LogP contribution in [0.2, 0.25) is 0 Å². The van der Waals surface area contributed by atoms with E-state index in [0.717, 1.165) is 12.8 Å². The van der Waals surface area contributed by atoms with E-state index in [1.807, 2.05) is 6.08 Å². The normalized spacial score (nSPS) is 16.3. The highest BCUT2D eigenvalue weighted by Crippen LogP contribution is 2.25. The summed E-state index contributed by atoms with van der Waals surface area (Å²) in [4.78, 5) is 12.3. The Morgan fingerprint density at radius 3 is 2.52 bits per heavy atom. The van der Waals surface area contributed by atoms with E-state index in [9.17, 15) is 17.6 Å². The van der Waals surface area contributed by atoms with Crippen molar-refractivity contribution in [2.75, 3.05) is 10.0 Å². The number of benzene rings is 2. The van der Waals surface area contributed by atoms with E-state index >= 15 is 0 Å². The lowest BCUT2D eigenvalue weighted by Gasteiger charge is -2.13. The molecule has 0 saturated heterocycles. The van der Waals surface area contributed by atoms with Gasteiger partial charge in [-0.2, -0.15) is 0 Å². The largest absolute Gasteiger partial charge is 0.326 e. The van der Waals surface area contributed by atoms with Crippen LogP contribution in [0.1, 0.15) is 24.8 Å². The van der Waals surface area contributed by atoms with Gasteiger partial charge in [0.05, 0.1) is 4.90 Å². The van der Waals surface area contributed by atoms with E-state index in [1.54, 1.807) is 19.1 Å². The Hall–Kier alpha value is -2.67. The van der Waals surface area contributed by atoms with E-state index in [0.29, 0.717) is 17.7 Å². The Bertz CT molecular complexity index is 969. The third-order valence-corrected chi connectivity index (χ3v) is 5.94. The van der Waals surface area contributed by atoms with Crippen molar-refractivity contribution in [3.8, 4) is 0 Å². The smallest absolute Gasteiger partial charge is 0.262 e. The third kappa shape index (κ3) is 4.95. The fourth-order valence-corrected chi connectivity index (χ4v) is 4.34. The Morgan fingerprint density at radius 1 is 1.15 bits per heavy atom. The van der Waals surface area contributed by atoms with Crippen molar-refractivity contribution >= 4 is 27.3 Å². The molecule has 1 unspecified atom stereocenters. The van der Waals surface area contributed by atoms with Gasteiger partial charge in [0.1, 0.15) is 5.82 Å². The first-order valence-electron chi connectivity index (χ1n) is 8.69. The molecule has 0 aliphatic heterocycles. The topological polar surface area (TPSA) is 75.3 Å². The zero-order valence-corrected chi connectivity index (χ0v) is 15.7. The Kier molecular flexibility index (Phi) is 5.60. The van der Waals surface area contributed by atoms with Crippen molar-refractivity contribution in [3.63, 3.8) is 0 Å². The molecule has 142 valence electrons. The quantitative estimate of drug-likeness (QED) is 0.727. The first kappa shape index (κ1) is 19.1. The van der Waals surface area contributed by atoms with E-state index < -0.39 is 15.8 Å². The van der Waals surface area contributed by atoms with Gasteiger partial charge in [0.15, 0.2) is 0 Å². The number of nitrogens with one attached hydrogen (secondary N) is 2. The zero-order valence-electron chi connectivity index (χ0n) is 14.9. The van der Waals surface area contributed by atoms with Crippen LogP contribution in [0.25, 0.3) is 0 Å². The molecule has 0 saturated carbocycles. The highest BCUT2D eigenvalue weighted by molar-refractivity contribution is 7.92. The van der Waals surface area contributed by atoms with Crippen LogP contribution in [0.5, 0.6) is 0 Å². The number of aryl methyl sites for hydroxylation is 1. The minimum Gasteiger partial charge on any atom is -0.326 e. The molecular weight excluding hydrogens is 367 g/mol. The van der Waals surface area contributed by atoms with Gasteiger partial charge in [-0.3, -0.25) is 9.52 Å². The molecule has 1 amide bonds. The number of amides is 1. The third-order valence-electron chi connectivity index (χ3n) is 4.42. The summed E-state index contributed by atoms with van der Waals surface area (Å²) in [6.07, 6.45) is 6.43. The molecule has 5 nitrogen and oxygen atoms in total. The highest BCUT2D eigenvalue weighted by Gasteiger charge is 2.19. The van der Waals surface area contributed by atoms with Gasteiger partial charge in [-0.25, -0.2) is 12.8 Å². The van der Waals surface area contributed by atoms with Gasteiger partial charge < -0.3 is 5.32 Å². The van der Waals surface area contributed by atoms with Crippen molar-refractivity contribution in [2.24, 2.45) is 5.92 Å². The minimum absolute atomic E-state index is 0.0605. The number of anilines is 2. The van der Waals surface area contributed by atoms with Gasteiger partial charge in [-0.15, -0.1) is 0 Å². The van der Waals surface area contributed by atoms with Crippen LogP contribution in [-0.2, 0) is 14.8 Å². The molecular formula is C20H21FN2O3S. The molecule has 3 rings (SSSR count). The molecule has 1 aliphatic carbocycles. The summed E-state index contributed by atoms with van der Waals surface area (Å²) in [5, 5.41) is 2.77. The standard InChI is InChI=1S/C20H21FN2O3S/c1-14-6-9-18(22-20(24)12-15-4-2-3-5-15)13-19(14)27(25,26)23-17-10-7-16(21)8-11-17/h2,4,6-11,13,15,23H,3,5,12H2,1H3,(H,22,24). The fraction of sp³-hybridized carbons (Fsp3) is 0.250. The predicted octanol–water partition coefficient (Wildman–Crippen LogP) is 4.23. The van der Waals surface area contributed by atoms with E-state index in [1.165, 1.54) is 30.3 Å². The van der Waals surface area contributed by atoms with Gasteiger partial charge in [-0.1, -0.05) is 18.2 Å². The number of sulfonamides is 1. The predicted molar refractivity (Wildman–Crippen MR) is 103 cm³/mol. The summed E-state index contributed by atoms with van der Waals surface area (Å²) in [5.74, 6) is -0.361. The second kappa shape index (κ2) is 7.92. The Balaban J connectivity index is 1.76. The molecule has 0 aromatic heterocycles. The van der Waals surface area contributed by atoms with Crippen LogP contribution in [0.3, 0.4) is 0 Å². The molecule has 0 spiro atoms. The van der Waals surface area contributed by atoms with Crippen molar-refractivity contribution in [2.45, 2.75) is 31.1 Å². The summed E-state index contributed by atoms with van der Waals surface area (Å²) < 4.78 is 40.8. The van der Waals surface area contributed by atoms with Gasteiger partial charge in [-0.05, 0) is 67.6 Å². The first-order valence-corrected chi connectivity index (χ1v) is 10.2. The Labute approximate surface area is 158 Å². The number of hydrogen-bond donors (Lipinski definition) is 2. The number of rotatable bonds is 6. The summed E-state index contributed by atoms with van der Waals surface area (Å²) in [6, 6.07) is 9.81. The lowest BCUT2D eigenvalue weighted by atomic mass is 10.1. The first-order chi connectivity index (χ1) is 12.8. The highest BCUT2D eigenvalue weighted by atomic mass is 32.2. The molecule has 1 atom stereocenters. The molecule has 2 N–H and O–H groups in total. The van der Waals surface area contributed by atoms with Crippen molar-refractivity contribution in [3.05, 3.63) is 66.0 Å². The van der Waals surface area contributed by atoms with Gasteiger partial charge in [0.25, 0.3) is 10.0 Å². The lowest BCUT2D eigenvalue weighted by Crippen LogP contribution is -2.17. The van der Waals surface area contributed by atoms with Crippen LogP contribution in [-0.4, -0.2) is 14.3 Å². The van der Waals surface area contributed by atoms with Gasteiger partial charge >= 0.3 is 0 Å². The zero-order chi connectivity index (χ0) is 19.4. The summed E-state index contributed by atoms with van der Waals surface area (Å²) >= 11 is 0. The van der Waals surface area contributed by atoms with E-state index in [4.69, 9.17) is 0 Å². The molecule has 1 aliphatic rings. The van der Waals surface area contributed by atoms with Crippen LogP contribution >= 0.6 is 0 Å². The number of hydrogen-bond acceptors (Lipinski definition) is 3. The van der Waals surface area contributed by atoms with Crippen LogP contribution in [0.4, 0.5) is 15.8 Å². The summed E-state index contributed by atoms with van der Waals surface area (Å²) in [6.45, 7) is 1.67. The number of carbonyl (C=O) groups is 1. The molecule has 7 heteroatoms. The van der Waals surface area contributed by atoms with E-state index in [2.05, 4.69) is 16.1 Å². The average molecular weight is 388 g/mol. The number of halogens is 1. The van der Waals surface area contributed by atoms with Crippen LogP contribution in [0, 0.1) is 18.7 Å². The second-order valence-corrected chi connectivity index (χ2v) is 8.26. The van der Waals surface area contributed by atoms with E-state index in [-0.39, 0.29) is 22.4 Å². The molecule has 0 radical (unpaired) electrons. The summed E-state index contributed by atoms with van der Waals surface area (Å²) in [5.41, 5.74) is 1.23. The SMILES string of the molecule is Cc1ccc(NC(=O)CC2C=CCC2)cc1S(=O)(=O)Nc1ccc(F)cc1. The maximum Gasteiger partial charge on any atom is 0.262 e. The monoisotopic (exact) mass is 388 g/mol. The second-order valence-electron chi connectivity index (χ2n) is 6.61. The molecule has 0 bridgehead atoms. The number of allylic oxidation sites excluding steroid dienone is 2. The Morgan fingerprint density at radius 2 is 1.85 bits per heavy atom. The maximum atomic E-state index is 13.0. The fourth-order valence-electron chi connectivity index (χ4n) is 3.01. The van der Waals surface area contributed by atoms with Crippen molar-refractivity contribution in [1.29, 1.82) is 0 Å². The molecule has 2 aromatic carbocycles. The molecule has 0 heterocycles. The summed E-state index contributed by atoms with van der Waals surface area (Å²) in [7, 11) is -3.87. The van der Waals surface area contributed by atoms with Crippen molar-refractivity contribution in [1.82, 2.24) is 0 Å². The van der Waals surface area contributed by atoms with Crippen LogP contribution in [0.15, 0.2) is 59.5 Å². The van der Waals surface area contributed by atoms with Crippen LogP contribution < -0.4 is 10.0 Å². The van der Waals surface area contributed by atoms with Crippen molar-refractivity contribution < 1.29 is 17.6 Å². The maximum absolute atomic E-state index is 13.0. The molecule has 2 aromatic rings. The van der Waals surface area contributed by atoms with Gasteiger partial charge in [0, 0.05) is 17.8 Å². The number of carbonyl (C=O) groups excluding carboxylic acids is 1. The van der Waals surface area contributed by atoms with Gasteiger partial charge in [0.2, 0.25) is 5.91 Å². The molecule has 27 heavy (non-hydrogen) atoms.